The second-order valence-electron chi connectivity index (χ2n) is 4.56. The molecule has 2 N–H and O–H groups in total. The van der Waals surface area contributed by atoms with Gasteiger partial charge in [0.2, 0.25) is 0 Å². The van der Waals surface area contributed by atoms with Crippen LogP contribution in [0.5, 0.6) is 0 Å². The van der Waals surface area contributed by atoms with Gasteiger partial charge in [0.1, 0.15) is 12.2 Å². The molecule has 17 heavy (non-hydrogen) atoms. The average molecular weight is 240 g/mol. The van der Waals surface area contributed by atoms with Gasteiger partial charge >= 0.3 is 0 Å². The minimum absolute atomic E-state index is 0.299. The van der Waals surface area contributed by atoms with Crippen molar-refractivity contribution < 1.29 is 19.7 Å². The Balaban J connectivity index is 2.26. The lowest BCUT2D eigenvalue weighted by Gasteiger charge is -2.19. The van der Waals surface area contributed by atoms with Crippen LogP contribution in [0.3, 0.4) is 0 Å². The van der Waals surface area contributed by atoms with Crippen LogP contribution in [0, 0.1) is 12.3 Å². The largest absolute Gasteiger partial charge is 0.390 e. The quantitative estimate of drug-likeness (QED) is 0.552. The molecule has 1 rings (SSSR count). The standard InChI is InChI=1S/C13H20O4/c1-4-10(14)7-5-6-8-11(15)12-9-16-13(2,3)17-12/h1,5-6,10-12,14-15H,7-9H2,2-3H3/b6-5-/t10?,11-,12+/m0/s1. The van der Waals surface area contributed by atoms with E-state index in [0.29, 0.717) is 19.4 Å². The second-order valence-corrected chi connectivity index (χ2v) is 4.56. The van der Waals surface area contributed by atoms with Crippen LogP contribution < -0.4 is 0 Å². The normalized spacial score (nSPS) is 26.9. The molecule has 1 aliphatic rings. The van der Waals surface area contributed by atoms with Crippen LogP contribution in [0.1, 0.15) is 26.7 Å². The molecule has 1 heterocycles. The molecule has 0 radical (unpaired) electrons. The fourth-order valence-electron chi connectivity index (χ4n) is 1.59. The highest BCUT2D eigenvalue weighted by atomic mass is 16.7. The summed E-state index contributed by atoms with van der Waals surface area (Å²) in [6.07, 6.45) is 7.78. The predicted molar refractivity (Wildman–Crippen MR) is 64.1 cm³/mol. The van der Waals surface area contributed by atoms with Crippen molar-refractivity contribution in [1.82, 2.24) is 0 Å². The SMILES string of the molecule is C#CC(O)C/C=C\C[C@H](O)[C@H]1COC(C)(C)O1. The summed E-state index contributed by atoms with van der Waals surface area (Å²) >= 11 is 0. The Labute approximate surface area is 102 Å². The summed E-state index contributed by atoms with van der Waals surface area (Å²) in [6.45, 7) is 4.03. The van der Waals surface area contributed by atoms with E-state index in [9.17, 15) is 5.11 Å². The number of rotatable bonds is 5. The molecule has 1 fully saturated rings. The molecule has 1 unspecified atom stereocenters. The van der Waals surface area contributed by atoms with Crippen LogP contribution in [0.4, 0.5) is 0 Å². The summed E-state index contributed by atoms with van der Waals surface area (Å²) in [5, 5.41) is 19.0. The Hall–Kier alpha value is -0.860. The lowest BCUT2D eigenvalue weighted by Crippen LogP contribution is -2.30. The molecule has 4 nitrogen and oxygen atoms in total. The number of hydrogen-bond donors (Lipinski definition) is 2. The fraction of sp³-hybridized carbons (Fsp3) is 0.692. The zero-order valence-corrected chi connectivity index (χ0v) is 10.3. The van der Waals surface area contributed by atoms with Gasteiger partial charge in [0.05, 0.1) is 12.7 Å². The lowest BCUT2D eigenvalue weighted by molar-refractivity contribution is -0.150. The van der Waals surface area contributed by atoms with E-state index in [2.05, 4.69) is 5.92 Å². The average Bonchev–Trinajstić information content (AvgIpc) is 2.64. The summed E-state index contributed by atoms with van der Waals surface area (Å²) in [5.41, 5.74) is 0. The van der Waals surface area contributed by atoms with Crippen LogP contribution in [-0.2, 0) is 9.47 Å². The molecule has 4 heteroatoms. The van der Waals surface area contributed by atoms with Crippen LogP contribution in [0.15, 0.2) is 12.2 Å². The van der Waals surface area contributed by atoms with E-state index in [1.807, 2.05) is 13.8 Å². The third-order valence-electron chi connectivity index (χ3n) is 2.56. The van der Waals surface area contributed by atoms with Gasteiger partial charge in [-0.1, -0.05) is 18.1 Å². The van der Waals surface area contributed by atoms with Crippen molar-refractivity contribution in [3.8, 4) is 12.3 Å². The topological polar surface area (TPSA) is 58.9 Å². The molecule has 0 spiro atoms. The molecule has 96 valence electrons. The zero-order chi connectivity index (χ0) is 12.9. The smallest absolute Gasteiger partial charge is 0.163 e. The monoisotopic (exact) mass is 240 g/mol. The Kier molecular flexibility index (Phi) is 5.16. The first-order valence-electron chi connectivity index (χ1n) is 5.73. The minimum atomic E-state index is -0.756. The molecule has 0 aromatic carbocycles. The number of ether oxygens (including phenoxy) is 2. The molecule has 0 aliphatic carbocycles. The van der Waals surface area contributed by atoms with Gasteiger partial charge in [-0.05, 0) is 20.3 Å². The highest BCUT2D eigenvalue weighted by molar-refractivity contribution is 4.99. The van der Waals surface area contributed by atoms with Crippen molar-refractivity contribution in [2.75, 3.05) is 6.61 Å². The Morgan fingerprint density at radius 1 is 1.41 bits per heavy atom. The van der Waals surface area contributed by atoms with Gasteiger partial charge in [0.25, 0.3) is 0 Å². The summed E-state index contributed by atoms with van der Waals surface area (Å²) in [6, 6.07) is 0. The van der Waals surface area contributed by atoms with E-state index in [1.54, 1.807) is 12.2 Å². The molecule has 0 amide bonds. The van der Waals surface area contributed by atoms with Gasteiger partial charge < -0.3 is 19.7 Å². The highest BCUT2D eigenvalue weighted by Gasteiger charge is 2.36. The first kappa shape index (κ1) is 14.2. The zero-order valence-electron chi connectivity index (χ0n) is 10.3. The van der Waals surface area contributed by atoms with Crippen molar-refractivity contribution in [2.45, 2.75) is 50.8 Å². The van der Waals surface area contributed by atoms with E-state index in [-0.39, 0.29) is 6.10 Å². The van der Waals surface area contributed by atoms with Crippen molar-refractivity contribution >= 4 is 0 Å². The van der Waals surface area contributed by atoms with E-state index >= 15 is 0 Å². The first-order valence-corrected chi connectivity index (χ1v) is 5.73. The van der Waals surface area contributed by atoms with Gasteiger partial charge in [0, 0.05) is 6.42 Å². The van der Waals surface area contributed by atoms with Crippen molar-refractivity contribution in [3.05, 3.63) is 12.2 Å². The molecular formula is C13H20O4. The molecule has 0 aromatic rings. The summed E-state index contributed by atoms with van der Waals surface area (Å²) < 4.78 is 10.9. The van der Waals surface area contributed by atoms with Gasteiger partial charge in [-0.15, -0.1) is 6.42 Å². The van der Waals surface area contributed by atoms with Gasteiger partial charge in [-0.25, -0.2) is 0 Å². The maximum atomic E-state index is 9.84. The maximum absolute atomic E-state index is 9.84. The van der Waals surface area contributed by atoms with Gasteiger partial charge in [-0.3, -0.25) is 0 Å². The molecule has 0 aromatic heterocycles. The van der Waals surface area contributed by atoms with E-state index in [4.69, 9.17) is 21.0 Å². The minimum Gasteiger partial charge on any atom is -0.390 e. The molecule has 3 atom stereocenters. The van der Waals surface area contributed by atoms with E-state index in [1.165, 1.54) is 0 Å². The predicted octanol–water partition coefficient (Wildman–Crippen LogP) is 0.829. The number of aliphatic hydroxyl groups is 2. The summed E-state index contributed by atoms with van der Waals surface area (Å²) in [7, 11) is 0. The number of aliphatic hydroxyl groups excluding tert-OH is 2. The molecule has 0 saturated carbocycles. The van der Waals surface area contributed by atoms with E-state index < -0.39 is 18.0 Å². The molecule has 1 saturated heterocycles. The molecule has 0 bridgehead atoms. The third-order valence-corrected chi connectivity index (χ3v) is 2.56. The first-order chi connectivity index (χ1) is 7.94. The van der Waals surface area contributed by atoms with Crippen molar-refractivity contribution in [1.29, 1.82) is 0 Å². The Morgan fingerprint density at radius 2 is 2.06 bits per heavy atom. The van der Waals surface area contributed by atoms with Crippen LogP contribution in [0.25, 0.3) is 0 Å². The molecule has 1 aliphatic heterocycles. The van der Waals surface area contributed by atoms with Gasteiger partial charge in [0.15, 0.2) is 5.79 Å². The number of hydrogen-bond acceptors (Lipinski definition) is 4. The van der Waals surface area contributed by atoms with Crippen LogP contribution in [0.2, 0.25) is 0 Å². The summed E-state index contributed by atoms with van der Waals surface area (Å²) in [4.78, 5) is 0. The van der Waals surface area contributed by atoms with E-state index in [0.717, 1.165) is 0 Å². The number of terminal acetylenes is 1. The lowest BCUT2D eigenvalue weighted by atomic mass is 10.1. The van der Waals surface area contributed by atoms with Crippen molar-refractivity contribution in [3.63, 3.8) is 0 Å². The van der Waals surface area contributed by atoms with Crippen molar-refractivity contribution in [2.24, 2.45) is 0 Å². The fourth-order valence-corrected chi connectivity index (χ4v) is 1.59. The van der Waals surface area contributed by atoms with Crippen LogP contribution in [-0.4, -0.2) is 40.9 Å². The van der Waals surface area contributed by atoms with Crippen LogP contribution >= 0.6 is 0 Å². The maximum Gasteiger partial charge on any atom is 0.163 e. The molecular weight excluding hydrogens is 220 g/mol. The summed E-state index contributed by atoms with van der Waals surface area (Å²) in [5.74, 6) is 1.60. The Bertz CT molecular complexity index is 303. The van der Waals surface area contributed by atoms with Gasteiger partial charge in [-0.2, -0.15) is 0 Å². The second kappa shape index (κ2) is 6.18. The highest BCUT2D eigenvalue weighted by Crippen LogP contribution is 2.25. The Morgan fingerprint density at radius 3 is 2.59 bits per heavy atom. The third kappa shape index (κ3) is 4.88.